The first-order valence-electron chi connectivity index (χ1n) is 4.78. The lowest BCUT2D eigenvalue weighted by atomic mass is 10.1. The van der Waals surface area contributed by atoms with Gasteiger partial charge in [-0.1, -0.05) is 11.2 Å². The highest BCUT2D eigenvalue weighted by atomic mass is 32.1. The van der Waals surface area contributed by atoms with Crippen molar-refractivity contribution >= 4 is 27.5 Å². The molecule has 0 aliphatic carbocycles. The van der Waals surface area contributed by atoms with Gasteiger partial charge in [0.1, 0.15) is 0 Å². The lowest BCUT2D eigenvalue weighted by Gasteiger charge is -1.95. The molecule has 0 unspecified atom stereocenters. The molecule has 0 atom stereocenters. The summed E-state index contributed by atoms with van der Waals surface area (Å²) in [4.78, 5) is 15.0. The van der Waals surface area contributed by atoms with E-state index in [9.17, 15) is 4.79 Å². The van der Waals surface area contributed by atoms with Crippen molar-refractivity contribution in [3.05, 3.63) is 35.5 Å². The number of fused-ring (bicyclic) bond motifs is 1. The number of aromatic carboxylic acids is 1. The lowest BCUT2D eigenvalue weighted by molar-refractivity contribution is 0.0686. The van der Waals surface area contributed by atoms with E-state index in [4.69, 9.17) is 9.63 Å². The van der Waals surface area contributed by atoms with E-state index in [0.717, 1.165) is 15.8 Å². The van der Waals surface area contributed by atoms with Crippen LogP contribution in [0.2, 0.25) is 0 Å². The number of carbonyl (C=O) groups is 1. The van der Waals surface area contributed by atoms with Crippen LogP contribution in [0, 0.1) is 0 Å². The zero-order chi connectivity index (χ0) is 11.8. The predicted molar refractivity (Wildman–Crippen MR) is 62.1 cm³/mol. The van der Waals surface area contributed by atoms with Crippen molar-refractivity contribution in [3.63, 3.8) is 0 Å². The molecule has 0 amide bonds. The number of rotatable bonds is 2. The minimum atomic E-state index is -1.11. The van der Waals surface area contributed by atoms with Gasteiger partial charge in [0.25, 0.3) is 0 Å². The van der Waals surface area contributed by atoms with Crippen LogP contribution in [0.15, 0.2) is 34.3 Å². The highest BCUT2D eigenvalue weighted by molar-refractivity contribution is 7.16. The Balaban J connectivity index is 2.19. The second-order valence-electron chi connectivity index (χ2n) is 3.39. The number of carboxylic acids is 1. The van der Waals surface area contributed by atoms with Gasteiger partial charge in [-0.15, -0.1) is 11.3 Å². The fourth-order valence-corrected chi connectivity index (χ4v) is 2.29. The summed E-state index contributed by atoms with van der Waals surface area (Å²) in [5.74, 6) is -0.690. The van der Waals surface area contributed by atoms with Gasteiger partial charge in [-0.05, 0) is 12.1 Å². The van der Waals surface area contributed by atoms with Crippen molar-refractivity contribution in [3.8, 4) is 11.3 Å². The summed E-state index contributed by atoms with van der Waals surface area (Å²) in [6.45, 7) is 0. The number of carboxylic acid groups (broad SMARTS) is 1. The van der Waals surface area contributed by atoms with E-state index in [1.54, 1.807) is 5.51 Å². The first-order chi connectivity index (χ1) is 8.25. The second kappa shape index (κ2) is 3.67. The molecule has 0 fully saturated rings. The molecule has 5 nitrogen and oxygen atoms in total. The van der Waals surface area contributed by atoms with E-state index in [2.05, 4.69) is 10.1 Å². The summed E-state index contributed by atoms with van der Waals surface area (Å²) < 4.78 is 6.05. The van der Waals surface area contributed by atoms with Gasteiger partial charge in [-0.25, -0.2) is 9.78 Å². The summed E-state index contributed by atoms with van der Waals surface area (Å²) >= 11 is 1.52. The molecule has 0 bridgehead atoms. The van der Waals surface area contributed by atoms with E-state index < -0.39 is 5.97 Å². The van der Waals surface area contributed by atoms with Crippen molar-refractivity contribution in [2.75, 3.05) is 0 Å². The number of nitrogens with zero attached hydrogens (tertiary/aromatic N) is 2. The number of hydrogen-bond donors (Lipinski definition) is 1. The van der Waals surface area contributed by atoms with Crippen molar-refractivity contribution < 1.29 is 14.4 Å². The van der Waals surface area contributed by atoms with E-state index in [1.807, 2.05) is 18.2 Å². The van der Waals surface area contributed by atoms with Crippen LogP contribution in [-0.4, -0.2) is 21.2 Å². The Labute approximate surface area is 99.3 Å². The topological polar surface area (TPSA) is 76.2 Å². The first kappa shape index (κ1) is 9.98. The number of benzene rings is 1. The molecule has 84 valence electrons. The fraction of sp³-hybridized carbons (Fsp3) is 0. The van der Waals surface area contributed by atoms with Crippen LogP contribution in [0.1, 0.15) is 10.5 Å². The van der Waals surface area contributed by atoms with Gasteiger partial charge in [0.05, 0.1) is 15.7 Å². The molecule has 0 spiro atoms. The average Bonchev–Trinajstić information content (AvgIpc) is 2.97. The number of para-hydroxylation sites is 1. The first-order valence-corrected chi connectivity index (χ1v) is 5.66. The molecule has 0 aliphatic rings. The standard InChI is InChI=1S/C11H6N2O3S/c14-11(15)7-4-8(16-13-7)6-2-1-3-9-10(6)12-5-17-9/h1-5H,(H,14,15). The molecule has 0 radical (unpaired) electrons. The maximum atomic E-state index is 10.7. The van der Waals surface area contributed by atoms with Crippen LogP contribution >= 0.6 is 11.3 Å². The van der Waals surface area contributed by atoms with Crippen LogP contribution in [0.3, 0.4) is 0 Å². The number of hydrogen-bond acceptors (Lipinski definition) is 5. The third-order valence-corrected chi connectivity index (χ3v) is 3.15. The molecule has 0 aliphatic heterocycles. The summed E-state index contributed by atoms with van der Waals surface area (Å²) in [6.07, 6.45) is 0. The molecule has 0 saturated heterocycles. The third kappa shape index (κ3) is 1.58. The Bertz CT molecular complexity index is 701. The van der Waals surface area contributed by atoms with E-state index >= 15 is 0 Å². The molecule has 1 aromatic carbocycles. The van der Waals surface area contributed by atoms with Gasteiger partial charge < -0.3 is 9.63 Å². The summed E-state index contributed by atoms with van der Waals surface area (Å²) in [7, 11) is 0. The lowest BCUT2D eigenvalue weighted by Crippen LogP contribution is -1.94. The Hall–Kier alpha value is -2.21. The van der Waals surface area contributed by atoms with Crippen LogP contribution < -0.4 is 0 Å². The maximum absolute atomic E-state index is 10.7. The normalized spacial score (nSPS) is 10.8. The van der Waals surface area contributed by atoms with Crippen molar-refractivity contribution in [1.82, 2.24) is 10.1 Å². The van der Waals surface area contributed by atoms with Crippen molar-refractivity contribution in [2.45, 2.75) is 0 Å². The second-order valence-corrected chi connectivity index (χ2v) is 4.27. The molecule has 3 rings (SSSR count). The highest BCUT2D eigenvalue weighted by Crippen LogP contribution is 2.29. The monoisotopic (exact) mass is 246 g/mol. The third-order valence-electron chi connectivity index (χ3n) is 2.36. The smallest absolute Gasteiger partial charge is 0.358 e. The van der Waals surface area contributed by atoms with Crippen molar-refractivity contribution in [2.24, 2.45) is 0 Å². The van der Waals surface area contributed by atoms with Crippen LogP contribution in [-0.2, 0) is 0 Å². The van der Waals surface area contributed by atoms with Gasteiger partial charge in [0.2, 0.25) is 0 Å². The van der Waals surface area contributed by atoms with Crippen LogP contribution in [0.4, 0.5) is 0 Å². The zero-order valence-electron chi connectivity index (χ0n) is 8.45. The van der Waals surface area contributed by atoms with Gasteiger partial charge >= 0.3 is 5.97 Å². The van der Waals surface area contributed by atoms with Gasteiger partial charge in [0.15, 0.2) is 11.5 Å². The average molecular weight is 246 g/mol. The number of aromatic nitrogens is 2. The molecule has 17 heavy (non-hydrogen) atoms. The van der Waals surface area contributed by atoms with E-state index in [-0.39, 0.29) is 5.69 Å². The molecule has 2 aromatic heterocycles. The molecule has 0 saturated carbocycles. The largest absolute Gasteiger partial charge is 0.476 e. The molecular weight excluding hydrogens is 240 g/mol. The van der Waals surface area contributed by atoms with E-state index in [1.165, 1.54) is 17.4 Å². The minimum Gasteiger partial charge on any atom is -0.476 e. The van der Waals surface area contributed by atoms with Crippen LogP contribution in [0.5, 0.6) is 0 Å². The fourth-order valence-electron chi connectivity index (χ4n) is 1.59. The van der Waals surface area contributed by atoms with Gasteiger partial charge in [-0.2, -0.15) is 0 Å². The number of thiazole rings is 1. The zero-order valence-corrected chi connectivity index (χ0v) is 9.27. The molecule has 6 heteroatoms. The Morgan fingerprint density at radius 1 is 1.41 bits per heavy atom. The molecular formula is C11H6N2O3S. The Kier molecular flexibility index (Phi) is 2.15. The molecule has 3 aromatic rings. The summed E-state index contributed by atoms with van der Waals surface area (Å²) in [5, 5.41) is 12.3. The van der Waals surface area contributed by atoms with Crippen molar-refractivity contribution in [1.29, 1.82) is 0 Å². The minimum absolute atomic E-state index is 0.104. The molecule has 1 N–H and O–H groups in total. The van der Waals surface area contributed by atoms with Crippen LogP contribution in [0.25, 0.3) is 21.5 Å². The quantitative estimate of drug-likeness (QED) is 0.752. The molecule has 2 heterocycles. The summed E-state index contributed by atoms with van der Waals surface area (Å²) in [6, 6.07) is 7.05. The SMILES string of the molecule is O=C(O)c1cc(-c2cccc3scnc23)on1. The maximum Gasteiger partial charge on any atom is 0.358 e. The van der Waals surface area contributed by atoms with E-state index in [0.29, 0.717) is 5.76 Å². The Morgan fingerprint density at radius 3 is 3.06 bits per heavy atom. The van der Waals surface area contributed by atoms with Gasteiger partial charge in [-0.3, -0.25) is 0 Å². The summed E-state index contributed by atoms with van der Waals surface area (Å²) in [5.41, 5.74) is 3.18. The Morgan fingerprint density at radius 2 is 2.29 bits per heavy atom. The highest BCUT2D eigenvalue weighted by Gasteiger charge is 2.14. The predicted octanol–water partition coefficient (Wildman–Crippen LogP) is 2.65. The van der Waals surface area contributed by atoms with Gasteiger partial charge in [0, 0.05) is 11.6 Å².